The van der Waals surface area contributed by atoms with Crippen molar-refractivity contribution >= 4 is 9.84 Å². The average Bonchev–Trinajstić information content (AvgIpc) is 2.66. The first-order valence-corrected chi connectivity index (χ1v) is 8.12. The van der Waals surface area contributed by atoms with Crippen molar-refractivity contribution < 1.29 is 13.2 Å². The number of hydrogen-bond acceptors (Lipinski definition) is 5. The van der Waals surface area contributed by atoms with Crippen LogP contribution in [0.3, 0.4) is 0 Å². The van der Waals surface area contributed by atoms with E-state index in [1.54, 1.807) is 0 Å². The average molecular weight is 262 g/mol. The van der Waals surface area contributed by atoms with E-state index in [1.807, 2.05) is 0 Å². The van der Waals surface area contributed by atoms with Gasteiger partial charge in [0.25, 0.3) is 0 Å². The number of nitrogens with zero attached hydrogens (tertiary/aromatic N) is 1. The predicted octanol–water partition coefficient (Wildman–Crippen LogP) is -0.515. The Morgan fingerprint density at radius 1 is 1.29 bits per heavy atom. The molecule has 2 aliphatic rings. The quantitative estimate of drug-likeness (QED) is 0.676. The van der Waals surface area contributed by atoms with Crippen molar-refractivity contribution in [1.82, 2.24) is 10.2 Å². The molecule has 0 saturated carbocycles. The highest BCUT2D eigenvalue weighted by atomic mass is 32.2. The van der Waals surface area contributed by atoms with Gasteiger partial charge >= 0.3 is 0 Å². The maximum atomic E-state index is 11.6. The van der Waals surface area contributed by atoms with E-state index in [0.717, 1.165) is 52.2 Å². The number of nitrogens with one attached hydrogen (secondary N) is 1. The molecule has 1 unspecified atom stereocenters. The number of rotatable bonds is 5. The standard InChI is InChI=1S/C11H22N2O3S/c14-17(15)9-1-2-11(17)10-12-3-4-13-5-7-16-8-6-13/h11-12H,1-10H2. The lowest BCUT2D eigenvalue weighted by Crippen LogP contribution is -2.41. The number of morpholine rings is 1. The van der Waals surface area contributed by atoms with Crippen molar-refractivity contribution in [2.45, 2.75) is 18.1 Å². The van der Waals surface area contributed by atoms with Gasteiger partial charge in [-0.25, -0.2) is 8.42 Å². The minimum absolute atomic E-state index is 0.146. The smallest absolute Gasteiger partial charge is 0.154 e. The molecule has 2 saturated heterocycles. The summed E-state index contributed by atoms with van der Waals surface area (Å²) in [6, 6.07) is 0. The minimum Gasteiger partial charge on any atom is -0.379 e. The Morgan fingerprint density at radius 2 is 2.06 bits per heavy atom. The molecular weight excluding hydrogens is 240 g/mol. The summed E-state index contributed by atoms with van der Waals surface area (Å²) in [4.78, 5) is 2.35. The second kappa shape index (κ2) is 6.13. The van der Waals surface area contributed by atoms with Gasteiger partial charge in [-0.05, 0) is 12.8 Å². The lowest BCUT2D eigenvalue weighted by molar-refractivity contribution is 0.0384. The second-order valence-electron chi connectivity index (χ2n) is 4.79. The molecule has 0 amide bonds. The van der Waals surface area contributed by atoms with Crippen LogP contribution in [-0.2, 0) is 14.6 Å². The van der Waals surface area contributed by atoms with E-state index in [1.165, 1.54) is 0 Å². The van der Waals surface area contributed by atoms with E-state index in [9.17, 15) is 8.42 Å². The van der Waals surface area contributed by atoms with Crippen molar-refractivity contribution in [1.29, 1.82) is 0 Å². The third-order valence-corrected chi connectivity index (χ3v) is 5.82. The zero-order valence-electron chi connectivity index (χ0n) is 10.2. The molecule has 0 aliphatic carbocycles. The van der Waals surface area contributed by atoms with Crippen LogP contribution < -0.4 is 5.32 Å². The number of ether oxygens (including phenoxy) is 1. The maximum absolute atomic E-state index is 11.6. The van der Waals surface area contributed by atoms with Gasteiger partial charge in [0.1, 0.15) is 0 Å². The van der Waals surface area contributed by atoms with Gasteiger partial charge in [-0.2, -0.15) is 0 Å². The number of sulfone groups is 1. The molecule has 100 valence electrons. The van der Waals surface area contributed by atoms with Gasteiger partial charge in [-0.1, -0.05) is 0 Å². The molecule has 6 heteroatoms. The normalized spacial score (nSPS) is 29.5. The Labute approximate surface area is 103 Å². The van der Waals surface area contributed by atoms with Crippen molar-refractivity contribution in [3.05, 3.63) is 0 Å². The van der Waals surface area contributed by atoms with Crippen LogP contribution in [0.5, 0.6) is 0 Å². The zero-order valence-corrected chi connectivity index (χ0v) is 11.0. The van der Waals surface area contributed by atoms with Crippen LogP contribution >= 0.6 is 0 Å². The van der Waals surface area contributed by atoms with Gasteiger partial charge in [-0.15, -0.1) is 0 Å². The van der Waals surface area contributed by atoms with Crippen molar-refractivity contribution in [3.8, 4) is 0 Å². The summed E-state index contributed by atoms with van der Waals surface area (Å²) < 4.78 is 28.5. The zero-order chi connectivity index (χ0) is 12.1. The molecule has 2 fully saturated rings. The fourth-order valence-electron chi connectivity index (χ4n) is 2.41. The molecule has 0 aromatic heterocycles. The lowest BCUT2D eigenvalue weighted by Gasteiger charge is -2.26. The summed E-state index contributed by atoms with van der Waals surface area (Å²) in [5, 5.41) is 3.12. The highest BCUT2D eigenvalue weighted by Crippen LogP contribution is 2.18. The summed E-state index contributed by atoms with van der Waals surface area (Å²) in [6.07, 6.45) is 1.66. The highest BCUT2D eigenvalue weighted by molar-refractivity contribution is 7.92. The first-order valence-electron chi connectivity index (χ1n) is 6.41. The Bertz CT molecular complexity index is 326. The molecule has 0 spiro atoms. The van der Waals surface area contributed by atoms with Crippen LogP contribution in [0.4, 0.5) is 0 Å². The minimum atomic E-state index is -2.79. The van der Waals surface area contributed by atoms with Crippen LogP contribution in [0.1, 0.15) is 12.8 Å². The summed E-state index contributed by atoms with van der Waals surface area (Å²) in [7, 11) is -2.79. The summed E-state index contributed by atoms with van der Waals surface area (Å²) in [5.74, 6) is 0.378. The molecule has 17 heavy (non-hydrogen) atoms. The molecular formula is C11H22N2O3S. The molecule has 1 atom stereocenters. The molecule has 0 aromatic rings. The molecule has 2 heterocycles. The first-order chi connectivity index (χ1) is 8.18. The van der Waals surface area contributed by atoms with Gasteiger partial charge in [-0.3, -0.25) is 4.90 Å². The topological polar surface area (TPSA) is 58.6 Å². The molecule has 2 rings (SSSR count). The fourth-order valence-corrected chi connectivity index (χ4v) is 4.21. The third-order valence-electron chi connectivity index (χ3n) is 3.54. The van der Waals surface area contributed by atoms with Crippen LogP contribution in [0.25, 0.3) is 0 Å². The molecule has 2 aliphatic heterocycles. The summed E-state index contributed by atoms with van der Waals surface area (Å²) >= 11 is 0. The highest BCUT2D eigenvalue weighted by Gasteiger charge is 2.30. The van der Waals surface area contributed by atoms with Crippen LogP contribution in [0.15, 0.2) is 0 Å². The third kappa shape index (κ3) is 3.91. The Morgan fingerprint density at radius 3 is 2.71 bits per heavy atom. The van der Waals surface area contributed by atoms with E-state index >= 15 is 0 Å². The first kappa shape index (κ1) is 13.3. The van der Waals surface area contributed by atoms with Gasteiger partial charge in [0, 0.05) is 32.7 Å². The van der Waals surface area contributed by atoms with Crippen molar-refractivity contribution in [2.75, 3.05) is 51.7 Å². The molecule has 0 radical (unpaired) electrons. The Kier molecular flexibility index (Phi) is 4.78. The molecule has 0 aromatic carbocycles. The Hall–Kier alpha value is -0.170. The van der Waals surface area contributed by atoms with Gasteiger partial charge in [0.2, 0.25) is 0 Å². The lowest BCUT2D eigenvalue weighted by atomic mass is 10.2. The van der Waals surface area contributed by atoms with E-state index in [4.69, 9.17) is 4.74 Å². The molecule has 5 nitrogen and oxygen atoms in total. The van der Waals surface area contributed by atoms with E-state index in [0.29, 0.717) is 12.3 Å². The summed E-state index contributed by atoms with van der Waals surface area (Å²) in [5.41, 5.74) is 0. The van der Waals surface area contributed by atoms with Crippen molar-refractivity contribution in [3.63, 3.8) is 0 Å². The van der Waals surface area contributed by atoms with Gasteiger partial charge in [0.15, 0.2) is 9.84 Å². The van der Waals surface area contributed by atoms with Gasteiger partial charge < -0.3 is 10.1 Å². The summed E-state index contributed by atoms with van der Waals surface area (Å²) in [6.45, 7) is 6.08. The predicted molar refractivity (Wildman–Crippen MR) is 66.9 cm³/mol. The largest absolute Gasteiger partial charge is 0.379 e. The Balaban J connectivity index is 1.60. The van der Waals surface area contributed by atoms with E-state index in [-0.39, 0.29) is 5.25 Å². The van der Waals surface area contributed by atoms with Crippen LogP contribution in [-0.4, -0.2) is 70.3 Å². The maximum Gasteiger partial charge on any atom is 0.154 e. The van der Waals surface area contributed by atoms with E-state index in [2.05, 4.69) is 10.2 Å². The van der Waals surface area contributed by atoms with Crippen LogP contribution in [0.2, 0.25) is 0 Å². The molecule has 0 bridgehead atoms. The SMILES string of the molecule is O=S1(=O)CCCC1CNCCN1CCOCC1. The number of hydrogen-bond donors (Lipinski definition) is 1. The van der Waals surface area contributed by atoms with Crippen LogP contribution in [0, 0.1) is 0 Å². The van der Waals surface area contributed by atoms with Crippen molar-refractivity contribution in [2.24, 2.45) is 0 Å². The van der Waals surface area contributed by atoms with Gasteiger partial charge in [0.05, 0.1) is 24.2 Å². The second-order valence-corrected chi connectivity index (χ2v) is 7.19. The van der Waals surface area contributed by atoms with E-state index < -0.39 is 9.84 Å². The fraction of sp³-hybridized carbons (Fsp3) is 1.00. The molecule has 1 N–H and O–H groups in total. The monoisotopic (exact) mass is 262 g/mol.